The molecular formula is C16H17N3O2. The van der Waals surface area contributed by atoms with Gasteiger partial charge in [0.2, 0.25) is 5.88 Å². The maximum atomic E-state index is 12.2. The number of rotatable bonds is 3. The number of hydrogen-bond donors (Lipinski definition) is 1. The van der Waals surface area contributed by atoms with Crippen LogP contribution in [0.2, 0.25) is 0 Å². The molecule has 2 aromatic heterocycles. The van der Waals surface area contributed by atoms with E-state index in [9.17, 15) is 4.79 Å². The molecule has 0 bridgehead atoms. The van der Waals surface area contributed by atoms with Crippen LogP contribution < -0.4 is 10.3 Å². The summed E-state index contributed by atoms with van der Waals surface area (Å²) in [4.78, 5) is 16.6. The lowest BCUT2D eigenvalue weighted by Gasteiger charge is -2.03. The molecule has 0 atom stereocenters. The first-order valence-electron chi connectivity index (χ1n) is 6.93. The number of nitrogens with one attached hydrogen (secondary N) is 1. The zero-order valence-electron chi connectivity index (χ0n) is 12.3. The van der Waals surface area contributed by atoms with Gasteiger partial charge >= 0.3 is 0 Å². The quantitative estimate of drug-likeness (QED) is 0.804. The molecule has 0 aliphatic rings. The standard InChI is InChI=1S/C16H17N3O2/c1-4-21-13-9-14(20)19-16(17-13)11(3)15(18-19)12-8-6-5-7-10(12)2/h5-9,18H,4H2,1-3H3. The van der Waals surface area contributed by atoms with E-state index < -0.39 is 0 Å². The molecule has 108 valence electrons. The minimum absolute atomic E-state index is 0.175. The van der Waals surface area contributed by atoms with Crippen molar-refractivity contribution in [3.8, 4) is 17.1 Å². The number of hydrogen-bond acceptors (Lipinski definition) is 3. The average molecular weight is 283 g/mol. The maximum absolute atomic E-state index is 12.2. The van der Waals surface area contributed by atoms with Crippen molar-refractivity contribution in [1.82, 2.24) is 14.6 Å². The fourth-order valence-electron chi connectivity index (χ4n) is 2.47. The highest BCUT2D eigenvalue weighted by Gasteiger charge is 2.14. The second kappa shape index (κ2) is 5.09. The highest BCUT2D eigenvalue weighted by atomic mass is 16.5. The van der Waals surface area contributed by atoms with Crippen LogP contribution in [0, 0.1) is 13.8 Å². The number of aromatic nitrogens is 3. The van der Waals surface area contributed by atoms with Crippen molar-refractivity contribution in [1.29, 1.82) is 0 Å². The molecule has 0 saturated carbocycles. The van der Waals surface area contributed by atoms with Crippen molar-refractivity contribution < 1.29 is 4.74 Å². The predicted molar refractivity (Wildman–Crippen MR) is 81.9 cm³/mol. The van der Waals surface area contributed by atoms with Gasteiger partial charge in [0.15, 0.2) is 5.65 Å². The highest BCUT2D eigenvalue weighted by Crippen LogP contribution is 2.27. The highest BCUT2D eigenvalue weighted by molar-refractivity contribution is 5.72. The number of aromatic amines is 1. The first kappa shape index (κ1) is 13.4. The van der Waals surface area contributed by atoms with Crippen molar-refractivity contribution in [2.24, 2.45) is 0 Å². The molecule has 0 aliphatic heterocycles. The first-order valence-corrected chi connectivity index (χ1v) is 6.93. The molecule has 0 spiro atoms. The SMILES string of the molecule is CCOc1cc(=O)n2[nH]c(-c3ccccc3C)c(C)c2n1. The molecule has 2 heterocycles. The summed E-state index contributed by atoms with van der Waals surface area (Å²) in [6.45, 7) is 6.35. The number of nitrogens with zero attached hydrogens (tertiary/aromatic N) is 2. The normalized spacial score (nSPS) is 11.0. The van der Waals surface area contributed by atoms with Gasteiger partial charge in [0.05, 0.1) is 18.4 Å². The van der Waals surface area contributed by atoms with Crippen LogP contribution in [0.1, 0.15) is 18.1 Å². The Hall–Kier alpha value is -2.56. The van der Waals surface area contributed by atoms with Gasteiger partial charge in [-0.3, -0.25) is 9.89 Å². The summed E-state index contributed by atoms with van der Waals surface area (Å²) >= 11 is 0. The van der Waals surface area contributed by atoms with E-state index >= 15 is 0 Å². The Balaban J connectivity index is 2.27. The van der Waals surface area contributed by atoms with Gasteiger partial charge in [0, 0.05) is 11.1 Å². The Morgan fingerprint density at radius 1 is 1.29 bits per heavy atom. The van der Waals surface area contributed by atoms with Gasteiger partial charge in [-0.05, 0) is 26.3 Å². The van der Waals surface area contributed by atoms with Crippen LogP contribution in [-0.4, -0.2) is 21.2 Å². The van der Waals surface area contributed by atoms with E-state index in [0.29, 0.717) is 18.1 Å². The number of fused-ring (bicyclic) bond motifs is 1. The summed E-state index contributed by atoms with van der Waals surface area (Å²) < 4.78 is 6.81. The minimum atomic E-state index is -0.175. The van der Waals surface area contributed by atoms with Crippen molar-refractivity contribution >= 4 is 5.65 Å². The van der Waals surface area contributed by atoms with Gasteiger partial charge in [0.1, 0.15) is 0 Å². The second-order valence-electron chi connectivity index (χ2n) is 4.95. The smallest absolute Gasteiger partial charge is 0.276 e. The third kappa shape index (κ3) is 2.20. The molecular weight excluding hydrogens is 266 g/mol. The van der Waals surface area contributed by atoms with Gasteiger partial charge in [-0.25, -0.2) is 4.52 Å². The molecule has 0 amide bonds. The van der Waals surface area contributed by atoms with E-state index in [1.807, 2.05) is 45.0 Å². The van der Waals surface area contributed by atoms with Crippen molar-refractivity contribution in [2.45, 2.75) is 20.8 Å². The third-order valence-corrected chi connectivity index (χ3v) is 3.54. The molecule has 0 saturated heterocycles. The molecule has 1 aromatic carbocycles. The molecule has 0 fully saturated rings. The fraction of sp³-hybridized carbons (Fsp3) is 0.250. The van der Waals surface area contributed by atoms with E-state index in [1.54, 1.807) is 0 Å². The maximum Gasteiger partial charge on any atom is 0.276 e. The largest absolute Gasteiger partial charge is 0.478 e. The zero-order valence-corrected chi connectivity index (χ0v) is 12.3. The summed E-state index contributed by atoms with van der Waals surface area (Å²) in [5.41, 5.74) is 4.48. The second-order valence-corrected chi connectivity index (χ2v) is 4.95. The number of benzene rings is 1. The topological polar surface area (TPSA) is 59.4 Å². The van der Waals surface area contributed by atoms with Crippen LogP contribution in [0.25, 0.3) is 16.9 Å². The van der Waals surface area contributed by atoms with E-state index in [-0.39, 0.29) is 5.56 Å². The first-order chi connectivity index (χ1) is 10.1. The Morgan fingerprint density at radius 3 is 2.76 bits per heavy atom. The molecule has 3 aromatic rings. The lowest BCUT2D eigenvalue weighted by atomic mass is 10.0. The molecule has 0 unspecified atom stereocenters. The fourth-order valence-corrected chi connectivity index (χ4v) is 2.47. The predicted octanol–water partition coefficient (Wildman–Crippen LogP) is 2.71. The van der Waals surface area contributed by atoms with Crippen LogP contribution in [-0.2, 0) is 0 Å². The molecule has 0 aliphatic carbocycles. The van der Waals surface area contributed by atoms with Crippen LogP contribution in [0.3, 0.4) is 0 Å². The Bertz CT molecular complexity index is 862. The molecule has 1 N–H and O–H groups in total. The summed E-state index contributed by atoms with van der Waals surface area (Å²) in [6.07, 6.45) is 0. The zero-order chi connectivity index (χ0) is 15.0. The van der Waals surface area contributed by atoms with Gasteiger partial charge < -0.3 is 4.74 Å². The lowest BCUT2D eigenvalue weighted by molar-refractivity contribution is 0.326. The minimum Gasteiger partial charge on any atom is -0.478 e. The monoisotopic (exact) mass is 283 g/mol. The van der Waals surface area contributed by atoms with Crippen LogP contribution in [0.15, 0.2) is 35.1 Å². The summed E-state index contributed by atoms with van der Waals surface area (Å²) in [7, 11) is 0. The average Bonchev–Trinajstić information content (AvgIpc) is 2.78. The number of H-pyrrole nitrogens is 1. The Kier molecular flexibility index (Phi) is 3.25. The van der Waals surface area contributed by atoms with E-state index in [4.69, 9.17) is 4.74 Å². The van der Waals surface area contributed by atoms with E-state index in [2.05, 4.69) is 10.1 Å². The van der Waals surface area contributed by atoms with Crippen LogP contribution >= 0.6 is 0 Å². The van der Waals surface area contributed by atoms with Crippen molar-refractivity contribution in [2.75, 3.05) is 6.61 Å². The molecule has 3 rings (SSSR count). The summed E-state index contributed by atoms with van der Waals surface area (Å²) in [5, 5.41) is 3.14. The lowest BCUT2D eigenvalue weighted by Crippen LogP contribution is -2.14. The number of ether oxygens (including phenoxy) is 1. The molecule has 5 nitrogen and oxygen atoms in total. The van der Waals surface area contributed by atoms with Gasteiger partial charge in [-0.15, -0.1) is 0 Å². The van der Waals surface area contributed by atoms with Crippen molar-refractivity contribution in [3.63, 3.8) is 0 Å². The summed E-state index contributed by atoms with van der Waals surface area (Å²) in [5.74, 6) is 0.362. The van der Waals surface area contributed by atoms with Gasteiger partial charge in [-0.1, -0.05) is 24.3 Å². The molecule has 5 heteroatoms. The third-order valence-electron chi connectivity index (χ3n) is 3.54. The summed E-state index contributed by atoms with van der Waals surface area (Å²) in [6, 6.07) is 9.45. The van der Waals surface area contributed by atoms with Crippen LogP contribution in [0.5, 0.6) is 5.88 Å². The van der Waals surface area contributed by atoms with Crippen molar-refractivity contribution in [3.05, 3.63) is 51.8 Å². The van der Waals surface area contributed by atoms with Crippen LogP contribution in [0.4, 0.5) is 0 Å². The molecule has 21 heavy (non-hydrogen) atoms. The van der Waals surface area contributed by atoms with E-state index in [1.165, 1.54) is 10.6 Å². The van der Waals surface area contributed by atoms with E-state index in [0.717, 1.165) is 22.4 Å². The Labute approximate surface area is 122 Å². The number of aryl methyl sites for hydroxylation is 2. The van der Waals surface area contributed by atoms with Gasteiger partial charge in [0.25, 0.3) is 5.56 Å². The molecule has 0 radical (unpaired) electrons. The van der Waals surface area contributed by atoms with Gasteiger partial charge in [-0.2, -0.15) is 4.98 Å². The Morgan fingerprint density at radius 2 is 2.05 bits per heavy atom.